The molecular weight excluding hydrogens is 344 g/mol. The lowest BCUT2D eigenvalue weighted by atomic mass is 9.78. The molecule has 0 unspecified atom stereocenters. The van der Waals surface area contributed by atoms with Gasteiger partial charge in [-0.05, 0) is 42.9 Å². The lowest BCUT2D eigenvalue weighted by molar-refractivity contribution is -0.125. The van der Waals surface area contributed by atoms with Crippen LogP contribution < -0.4 is 10.2 Å². The molecule has 1 aromatic rings. The van der Waals surface area contributed by atoms with Gasteiger partial charge in [-0.2, -0.15) is 0 Å². The molecule has 6 heteroatoms. The number of benzene rings is 1. The van der Waals surface area contributed by atoms with Gasteiger partial charge in [-0.3, -0.25) is 9.59 Å². The largest absolute Gasteiger partial charge is 0.452 e. The number of anilines is 1. The fourth-order valence-electron chi connectivity index (χ4n) is 3.97. The van der Waals surface area contributed by atoms with E-state index in [9.17, 15) is 14.4 Å². The first kappa shape index (κ1) is 19.4. The lowest BCUT2D eigenvalue weighted by Gasteiger charge is -2.34. The third kappa shape index (κ3) is 4.67. The molecular formula is C21H28N2O4. The fraction of sp³-hybridized carbons (Fsp3) is 0.571. The van der Waals surface area contributed by atoms with Crippen molar-refractivity contribution in [1.29, 1.82) is 0 Å². The maximum absolute atomic E-state index is 12.3. The Morgan fingerprint density at radius 1 is 1.22 bits per heavy atom. The van der Waals surface area contributed by atoms with Crippen molar-refractivity contribution in [1.82, 2.24) is 5.32 Å². The van der Waals surface area contributed by atoms with Crippen LogP contribution in [0.5, 0.6) is 0 Å². The van der Waals surface area contributed by atoms with Crippen LogP contribution >= 0.6 is 0 Å². The first-order valence-corrected chi connectivity index (χ1v) is 9.82. The molecule has 0 spiro atoms. The number of hydrogen-bond acceptors (Lipinski definition) is 4. The molecule has 2 amide bonds. The van der Waals surface area contributed by atoms with Crippen LogP contribution in [0.2, 0.25) is 0 Å². The highest BCUT2D eigenvalue weighted by molar-refractivity contribution is 5.97. The zero-order valence-electron chi connectivity index (χ0n) is 16.1. The number of rotatable bonds is 5. The average molecular weight is 372 g/mol. The monoisotopic (exact) mass is 372 g/mol. The zero-order chi connectivity index (χ0) is 19.4. The molecule has 1 saturated heterocycles. The summed E-state index contributed by atoms with van der Waals surface area (Å²) in [5.74, 6) is 0.260. The Morgan fingerprint density at radius 3 is 2.78 bits per heavy atom. The van der Waals surface area contributed by atoms with Gasteiger partial charge in [0.25, 0.3) is 5.91 Å². The quantitative estimate of drug-likeness (QED) is 0.807. The van der Waals surface area contributed by atoms with E-state index in [4.69, 9.17) is 4.74 Å². The number of nitrogens with one attached hydrogen (secondary N) is 1. The molecule has 3 atom stereocenters. The van der Waals surface area contributed by atoms with Crippen molar-refractivity contribution >= 4 is 23.5 Å². The van der Waals surface area contributed by atoms with Gasteiger partial charge in [0.15, 0.2) is 6.61 Å². The molecule has 6 nitrogen and oxygen atoms in total. The fourth-order valence-corrected chi connectivity index (χ4v) is 3.97. The van der Waals surface area contributed by atoms with Gasteiger partial charge in [-0.1, -0.05) is 32.8 Å². The van der Waals surface area contributed by atoms with Gasteiger partial charge in [0.1, 0.15) is 0 Å². The van der Waals surface area contributed by atoms with E-state index in [1.165, 1.54) is 6.42 Å². The first-order valence-electron chi connectivity index (χ1n) is 9.82. The summed E-state index contributed by atoms with van der Waals surface area (Å²) in [5.41, 5.74) is 1.04. The SMILES string of the molecule is C[C@@H]1[C@H](C)CCC[C@H]1NC(=O)COC(=O)c1cccc(N2CCCC2=O)c1. The predicted octanol–water partition coefficient (Wildman–Crippen LogP) is 2.91. The maximum Gasteiger partial charge on any atom is 0.338 e. The van der Waals surface area contributed by atoms with E-state index in [1.54, 1.807) is 29.2 Å². The van der Waals surface area contributed by atoms with E-state index in [-0.39, 0.29) is 24.5 Å². The Kier molecular flexibility index (Phi) is 6.14. The van der Waals surface area contributed by atoms with E-state index in [2.05, 4.69) is 19.2 Å². The molecule has 1 aromatic carbocycles. The number of carbonyl (C=O) groups excluding carboxylic acids is 3. The van der Waals surface area contributed by atoms with Crippen LogP contribution in [0.15, 0.2) is 24.3 Å². The summed E-state index contributed by atoms with van der Waals surface area (Å²) in [5, 5.41) is 3.00. The molecule has 1 saturated carbocycles. The van der Waals surface area contributed by atoms with Crippen molar-refractivity contribution in [2.45, 2.75) is 52.0 Å². The summed E-state index contributed by atoms with van der Waals surface area (Å²) in [6.07, 6.45) is 4.63. The molecule has 0 bridgehead atoms. The molecule has 1 heterocycles. The van der Waals surface area contributed by atoms with E-state index in [0.29, 0.717) is 36.1 Å². The molecule has 0 aromatic heterocycles. The second-order valence-corrected chi connectivity index (χ2v) is 7.72. The minimum absolute atomic E-state index is 0.0655. The maximum atomic E-state index is 12.3. The minimum Gasteiger partial charge on any atom is -0.452 e. The molecule has 0 radical (unpaired) electrons. The molecule has 1 N–H and O–H groups in total. The Bertz CT molecular complexity index is 718. The summed E-state index contributed by atoms with van der Waals surface area (Å²) in [7, 11) is 0. The minimum atomic E-state index is -0.552. The second-order valence-electron chi connectivity index (χ2n) is 7.72. The molecule has 1 aliphatic heterocycles. The Labute approximate surface area is 160 Å². The molecule has 146 valence electrons. The highest BCUT2D eigenvalue weighted by atomic mass is 16.5. The summed E-state index contributed by atoms with van der Waals surface area (Å²) < 4.78 is 5.18. The van der Waals surface area contributed by atoms with Crippen molar-refractivity contribution < 1.29 is 19.1 Å². The van der Waals surface area contributed by atoms with Crippen LogP contribution in [0, 0.1) is 11.8 Å². The van der Waals surface area contributed by atoms with Gasteiger partial charge in [-0.25, -0.2) is 4.79 Å². The van der Waals surface area contributed by atoms with Gasteiger partial charge < -0.3 is 15.0 Å². The van der Waals surface area contributed by atoms with Crippen molar-refractivity contribution in [3.63, 3.8) is 0 Å². The summed E-state index contributed by atoms with van der Waals surface area (Å²) >= 11 is 0. The van der Waals surface area contributed by atoms with Crippen LogP contribution in [0.25, 0.3) is 0 Å². The molecule has 2 fully saturated rings. The summed E-state index contributed by atoms with van der Waals surface area (Å²) in [4.78, 5) is 38.0. The number of ether oxygens (including phenoxy) is 1. The summed E-state index contributed by atoms with van der Waals surface area (Å²) in [6, 6.07) is 6.95. The second kappa shape index (κ2) is 8.55. The Hall–Kier alpha value is -2.37. The average Bonchev–Trinajstić information content (AvgIpc) is 3.09. The Morgan fingerprint density at radius 2 is 2.04 bits per heavy atom. The summed E-state index contributed by atoms with van der Waals surface area (Å²) in [6.45, 7) is 4.74. The smallest absolute Gasteiger partial charge is 0.338 e. The topological polar surface area (TPSA) is 75.7 Å². The van der Waals surface area contributed by atoms with E-state index in [1.807, 2.05) is 0 Å². The van der Waals surface area contributed by atoms with Gasteiger partial charge >= 0.3 is 5.97 Å². The van der Waals surface area contributed by atoms with Gasteiger partial charge in [-0.15, -0.1) is 0 Å². The number of nitrogens with zero attached hydrogens (tertiary/aromatic N) is 1. The highest BCUT2D eigenvalue weighted by Gasteiger charge is 2.28. The predicted molar refractivity (Wildman–Crippen MR) is 102 cm³/mol. The molecule has 1 aliphatic carbocycles. The standard InChI is InChI=1S/C21H28N2O4/c1-14-6-3-9-18(15(14)2)22-19(24)13-27-21(26)16-7-4-8-17(12-16)23-11-5-10-20(23)25/h4,7-8,12,14-15,18H,3,5-6,9-11,13H2,1-2H3,(H,22,24)/t14-,15-,18-/m1/s1. The van der Waals surface area contributed by atoms with Crippen LogP contribution in [-0.4, -0.2) is 37.0 Å². The number of amides is 2. The van der Waals surface area contributed by atoms with E-state index < -0.39 is 5.97 Å². The first-order chi connectivity index (χ1) is 13.0. The van der Waals surface area contributed by atoms with Crippen molar-refractivity contribution in [3.05, 3.63) is 29.8 Å². The molecule has 3 rings (SSSR count). The number of esters is 1. The van der Waals surface area contributed by atoms with Gasteiger partial charge in [0.2, 0.25) is 5.91 Å². The van der Waals surface area contributed by atoms with Gasteiger partial charge in [0.05, 0.1) is 5.56 Å². The third-order valence-electron chi connectivity index (χ3n) is 5.85. The normalized spacial score (nSPS) is 25.3. The van der Waals surface area contributed by atoms with E-state index >= 15 is 0 Å². The van der Waals surface area contributed by atoms with Crippen LogP contribution in [0.4, 0.5) is 5.69 Å². The van der Waals surface area contributed by atoms with Crippen molar-refractivity contribution in [3.8, 4) is 0 Å². The van der Waals surface area contributed by atoms with Crippen LogP contribution in [0.1, 0.15) is 56.3 Å². The molecule has 27 heavy (non-hydrogen) atoms. The number of carbonyl (C=O) groups is 3. The number of hydrogen-bond donors (Lipinski definition) is 1. The van der Waals surface area contributed by atoms with Crippen molar-refractivity contribution in [2.24, 2.45) is 11.8 Å². The Balaban J connectivity index is 1.53. The highest BCUT2D eigenvalue weighted by Crippen LogP contribution is 2.29. The van der Waals surface area contributed by atoms with Crippen LogP contribution in [-0.2, 0) is 14.3 Å². The lowest BCUT2D eigenvalue weighted by Crippen LogP contribution is -2.45. The van der Waals surface area contributed by atoms with Crippen molar-refractivity contribution in [2.75, 3.05) is 18.1 Å². The molecule has 2 aliphatic rings. The zero-order valence-corrected chi connectivity index (χ0v) is 16.1. The van der Waals surface area contributed by atoms with Crippen LogP contribution in [0.3, 0.4) is 0 Å². The third-order valence-corrected chi connectivity index (χ3v) is 5.85. The van der Waals surface area contributed by atoms with E-state index in [0.717, 1.165) is 19.3 Å². The van der Waals surface area contributed by atoms with Gasteiger partial charge in [0, 0.05) is 24.7 Å².